The van der Waals surface area contributed by atoms with Crippen LogP contribution in [0.15, 0.2) is 36.6 Å². The van der Waals surface area contributed by atoms with Crippen LogP contribution in [-0.4, -0.2) is 28.1 Å². The fourth-order valence-corrected chi connectivity index (χ4v) is 1.23. The first-order valence-corrected chi connectivity index (χ1v) is 6.28. The second kappa shape index (κ2) is 10.2. The third-order valence-electron chi connectivity index (χ3n) is 2.17. The highest BCUT2D eigenvalue weighted by Crippen LogP contribution is 2.07. The summed E-state index contributed by atoms with van der Waals surface area (Å²) in [6, 6.07) is 5.48. The normalized spacial score (nSPS) is 9.62. The van der Waals surface area contributed by atoms with Crippen molar-refractivity contribution in [2.24, 2.45) is 0 Å². The molecule has 0 heterocycles. The van der Waals surface area contributed by atoms with Gasteiger partial charge in [0.05, 0.1) is 17.4 Å². The molecule has 21 heavy (non-hydrogen) atoms. The van der Waals surface area contributed by atoms with E-state index in [9.17, 15) is 14.4 Å². The van der Waals surface area contributed by atoms with Crippen LogP contribution >= 0.6 is 0 Å². The van der Waals surface area contributed by atoms with E-state index in [4.69, 9.17) is 10.2 Å². The Labute approximate surface area is 122 Å². The molecule has 1 rings (SSSR count). The van der Waals surface area contributed by atoms with Crippen molar-refractivity contribution in [3.05, 3.63) is 47.7 Å². The molecule has 0 spiro atoms. The predicted molar refractivity (Wildman–Crippen MR) is 76.2 cm³/mol. The molecule has 2 N–H and O–H groups in total. The van der Waals surface area contributed by atoms with Gasteiger partial charge in [-0.05, 0) is 24.6 Å². The minimum Gasteiger partial charge on any atom is -0.478 e. The highest BCUT2D eigenvalue weighted by atomic mass is 16.5. The van der Waals surface area contributed by atoms with Gasteiger partial charge in [0.25, 0.3) is 0 Å². The maximum absolute atomic E-state index is 10.5. The van der Waals surface area contributed by atoms with E-state index in [0.29, 0.717) is 0 Å². The molecule has 6 nitrogen and oxygen atoms in total. The van der Waals surface area contributed by atoms with Crippen LogP contribution in [0.5, 0.6) is 0 Å². The first-order chi connectivity index (χ1) is 9.90. The van der Waals surface area contributed by atoms with Gasteiger partial charge in [-0.2, -0.15) is 0 Å². The molecule has 0 aliphatic heterocycles. The van der Waals surface area contributed by atoms with E-state index in [1.54, 1.807) is 0 Å². The summed E-state index contributed by atoms with van der Waals surface area (Å²) in [5.74, 6) is -2.72. The standard InChI is InChI=1S/C8H6O4.C7H12O2/c9-7(10)5-3-1-2-4-6(5)8(11)12;1-3-4-5-6-9-7(2)8/h1-4H,(H,9,10)(H,11,12);5-6H,3-4H2,1-2H3. The average molecular weight is 294 g/mol. The van der Waals surface area contributed by atoms with Crippen LogP contribution in [0.25, 0.3) is 0 Å². The van der Waals surface area contributed by atoms with Crippen molar-refractivity contribution in [2.45, 2.75) is 26.7 Å². The average Bonchev–Trinajstić information content (AvgIpc) is 2.44. The van der Waals surface area contributed by atoms with E-state index in [2.05, 4.69) is 11.7 Å². The monoisotopic (exact) mass is 294 g/mol. The van der Waals surface area contributed by atoms with Crippen LogP contribution in [0.1, 0.15) is 47.4 Å². The van der Waals surface area contributed by atoms with Gasteiger partial charge >= 0.3 is 17.9 Å². The Kier molecular flexibility index (Phi) is 8.92. The van der Waals surface area contributed by atoms with Gasteiger partial charge in [0.2, 0.25) is 0 Å². The van der Waals surface area contributed by atoms with E-state index in [-0.39, 0.29) is 17.1 Å². The van der Waals surface area contributed by atoms with E-state index in [1.807, 2.05) is 6.08 Å². The summed E-state index contributed by atoms with van der Waals surface area (Å²) in [4.78, 5) is 31.1. The molecule has 1 aromatic rings. The molecule has 0 saturated heterocycles. The van der Waals surface area contributed by atoms with E-state index >= 15 is 0 Å². The second-order valence-corrected chi connectivity index (χ2v) is 3.93. The zero-order valence-corrected chi connectivity index (χ0v) is 11.9. The first kappa shape index (κ1) is 18.4. The molecule has 0 fully saturated rings. The van der Waals surface area contributed by atoms with Crippen LogP contribution < -0.4 is 0 Å². The maximum atomic E-state index is 10.5. The Hall–Kier alpha value is -2.63. The number of esters is 1. The van der Waals surface area contributed by atoms with Gasteiger partial charge in [-0.1, -0.05) is 25.5 Å². The number of hydrogen-bond acceptors (Lipinski definition) is 4. The number of carboxylic acid groups (broad SMARTS) is 2. The van der Waals surface area contributed by atoms with Crippen molar-refractivity contribution in [3.8, 4) is 0 Å². The van der Waals surface area contributed by atoms with Crippen molar-refractivity contribution in [1.29, 1.82) is 0 Å². The number of rotatable bonds is 5. The Morgan fingerprint density at radius 3 is 1.90 bits per heavy atom. The Bertz CT molecular complexity index is 486. The minimum absolute atomic E-state index is 0.190. The second-order valence-electron chi connectivity index (χ2n) is 3.93. The summed E-state index contributed by atoms with van der Waals surface area (Å²) in [6.07, 6.45) is 5.32. The number of carbonyl (C=O) groups excluding carboxylic acids is 1. The van der Waals surface area contributed by atoms with Crippen molar-refractivity contribution >= 4 is 17.9 Å². The highest BCUT2D eigenvalue weighted by molar-refractivity contribution is 6.01. The quantitative estimate of drug-likeness (QED) is 0.639. The van der Waals surface area contributed by atoms with Crippen LogP contribution in [0.3, 0.4) is 0 Å². The summed E-state index contributed by atoms with van der Waals surface area (Å²) < 4.78 is 4.52. The zero-order valence-electron chi connectivity index (χ0n) is 11.9. The smallest absolute Gasteiger partial charge is 0.336 e. The number of benzene rings is 1. The van der Waals surface area contributed by atoms with Crippen LogP contribution in [0, 0.1) is 0 Å². The summed E-state index contributed by atoms with van der Waals surface area (Å²) in [5.41, 5.74) is -0.380. The molecule has 0 aliphatic carbocycles. The lowest BCUT2D eigenvalue weighted by Gasteiger charge is -1.98. The van der Waals surface area contributed by atoms with Crippen LogP contribution in [-0.2, 0) is 9.53 Å². The molecule has 0 aliphatic rings. The molecule has 6 heteroatoms. The Morgan fingerprint density at radius 1 is 1.10 bits per heavy atom. The van der Waals surface area contributed by atoms with E-state index in [1.165, 1.54) is 37.5 Å². The summed E-state index contributed by atoms with van der Waals surface area (Å²) in [5, 5.41) is 17.1. The number of aromatic carboxylic acids is 2. The van der Waals surface area contributed by atoms with E-state index < -0.39 is 11.9 Å². The lowest BCUT2D eigenvalue weighted by Crippen LogP contribution is -2.06. The number of carbonyl (C=O) groups is 3. The van der Waals surface area contributed by atoms with Crippen molar-refractivity contribution in [1.82, 2.24) is 0 Å². The molecule has 0 bridgehead atoms. The molecule has 0 amide bonds. The number of hydrogen-bond donors (Lipinski definition) is 2. The summed E-state index contributed by atoms with van der Waals surface area (Å²) in [7, 11) is 0. The molecule has 0 saturated carbocycles. The summed E-state index contributed by atoms with van der Waals surface area (Å²) >= 11 is 0. The fourth-order valence-electron chi connectivity index (χ4n) is 1.23. The van der Waals surface area contributed by atoms with Gasteiger partial charge in [-0.25, -0.2) is 9.59 Å². The highest BCUT2D eigenvalue weighted by Gasteiger charge is 2.13. The molecule has 0 aromatic heterocycles. The van der Waals surface area contributed by atoms with Gasteiger partial charge in [-0.3, -0.25) is 4.79 Å². The van der Waals surface area contributed by atoms with Gasteiger partial charge in [-0.15, -0.1) is 0 Å². The number of unbranched alkanes of at least 4 members (excludes halogenated alkanes) is 1. The SMILES string of the molecule is CCCC=COC(C)=O.O=C(O)c1ccccc1C(=O)O. The largest absolute Gasteiger partial charge is 0.478 e. The predicted octanol–water partition coefficient (Wildman–Crippen LogP) is 2.95. The molecular formula is C15H18O6. The third-order valence-corrected chi connectivity index (χ3v) is 2.17. The molecule has 0 radical (unpaired) electrons. The van der Waals surface area contributed by atoms with Gasteiger partial charge in [0, 0.05) is 6.92 Å². The molecule has 0 atom stereocenters. The molecular weight excluding hydrogens is 276 g/mol. The number of ether oxygens (including phenoxy) is 1. The van der Waals surface area contributed by atoms with Crippen LogP contribution in [0.2, 0.25) is 0 Å². The van der Waals surface area contributed by atoms with Crippen LogP contribution in [0.4, 0.5) is 0 Å². The number of carboxylic acids is 2. The lowest BCUT2D eigenvalue weighted by molar-refractivity contribution is -0.135. The minimum atomic E-state index is -1.23. The van der Waals surface area contributed by atoms with Gasteiger partial charge in [0.1, 0.15) is 0 Å². The van der Waals surface area contributed by atoms with Gasteiger partial charge in [0.15, 0.2) is 0 Å². The van der Waals surface area contributed by atoms with Crippen molar-refractivity contribution in [3.63, 3.8) is 0 Å². The molecule has 0 unspecified atom stereocenters. The summed E-state index contributed by atoms with van der Waals surface area (Å²) in [6.45, 7) is 3.45. The van der Waals surface area contributed by atoms with E-state index in [0.717, 1.165) is 12.8 Å². The molecule has 114 valence electrons. The maximum Gasteiger partial charge on any atom is 0.336 e. The lowest BCUT2D eigenvalue weighted by atomic mass is 10.1. The van der Waals surface area contributed by atoms with Crippen molar-refractivity contribution in [2.75, 3.05) is 0 Å². The third kappa shape index (κ3) is 8.20. The van der Waals surface area contributed by atoms with Crippen molar-refractivity contribution < 1.29 is 29.3 Å². The number of allylic oxidation sites excluding steroid dienone is 1. The Balaban J connectivity index is 0.000000400. The molecule has 1 aromatic carbocycles. The Morgan fingerprint density at radius 2 is 1.57 bits per heavy atom. The fraction of sp³-hybridized carbons (Fsp3) is 0.267. The van der Waals surface area contributed by atoms with Gasteiger partial charge < -0.3 is 14.9 Å². The zero-order chi connectivity index (χ0) is 16.3. The first-order valence-electron chi connectivity index (χ1n) is 6.28. The topological polar surface area (TPSA) is 101 Å².